The van der Waals surface area contributed by atoms with E-state index in [4.69, 9.17) is 30.0 Å². The molecule has 0 spiro atoms. The molecule has 0 aromatic carbocycles. The highest BCUT2D eigenvalue weighted by molar-refractivity contribution is 7.47. The molecule has 10 N–H and O–H groups in total. The highest BCUT2D eigenvalue weighted by Crippen LogP contribution is 2.51. The lowest BCUT2D eigenvalue weighted by Crippen LogP contribution is -2.44. The third-order valence-electron chi connectivity index (χ3n) is 6.42. The maximum Gasteiger partial charge on any atom is 0.473 e. The zero-order valence-electron chi connectivity index (χ0n) is 20.2. The number of nitrogens with two attached hydrogens (primary N) is 2. The first-order chi connectivity index (χ1) is 18.9. The van der Waals surface area contributed by atoms with E-state index in [1.54, 1.807) is 0 Å². The molecule has 5 rings (SSSR count). The van der Waals surface area contributed by atoms with Gasteiger partial charge in [0.25, 0.3) is 11.1 Å². The number of rotatable bonds is 8. The fourth-order valence-corrected chi connectivity index (χ4v) is 5.81. The van der Waals surface area contributed by atoms with Crippen LogP contribution in [-0.2, 0) is 23.1 Å². The number of phosphoric acid groups is 1. The van der Waals surface area contributed by atoms with Crippen molar-refractivity contribution in [3.05, 3.63) is 49.8 Å². The number of nitrogen functional groups attached to an aromatic ring is 1. The third kappa shape index (κ3) is 5.01. The van der Waals surface area contributed by atoms with E-state index >= 15 is 0 Å². The molecule has 1 unspecified atom stereocenters. The molecule has 20 nitrogen and oxygen atoms in total. The summed E-state index contributed by atoms with van der Waals surface area (Å²) in [6, 6.07) is -0.293. The van der Waals surface area contributed by atoms with E-state index in [2.05, 4.69) is 15.0 Å². The van der Waals surface area contributed by atoms with Gasteiger partial charge in [0, 0.05) is 12.3 Å². The van der Waals surface area contributed by atoms with Crippen LogP contribution in [0, 0.1) is 0 Å². The number of H-pyrrole nitrogens is 2. The molecule has 0 aliphatic carbocycles. The quantitative estimate of drug-likeness (QED) is 0.115. The number of aromatic nitrogens is 6. The van der Waals surface area contributed by atoms with Gasteiger partial charge in [-0.05, 0) is 0 Å². The molecule has 2 fully saturated rings. The summed E-state index contributed by atoms with van der Waals surface area (Å²) in [6.07, 6.45) is -8.06. The maximum atomic E-state index is 13.1. The summed E-state index contributed by atoms with van der Waals surface area (Å²) in [5, 5.41) is 30.5. The molecular formula is C19H25N8O12P. The Bertz CT molecular complexity index is 1620. The molecule has 2 saturated heterocycles. The number of aliphatic hydroxyl groups is 3. The fraction of sp³-hybridized carbons (Fsp3) is 0.526. The topological polar surface area (TPSA) is 305 Å². The molecule has 2 aliphatic rings. The van der Waals surface area contributed by atoms with Crippen molar-refractivity contribution in [1.82, 2.24) is 29.1 Å². The maximum absolute atomic E-state index is 13.1. The Balaban J connectivity index is 1.36. The van der Waals surface area contributed by atoms with Crippen molar-refractivity contribution in [1.29, 1.82) is 0 Å². The first-order valence-electron chi connectivity index (χ1n) is 11.6. The van der Waals surface area contributed by atoms with Crippen LogP contribution in [0.5, 0.6) is 0 Å². The monoisotopic (exact) mass is 588 g/mol. The van der Waals surface area contributed by atoms with Crippen molar-refractivity contribution in [3.8, 4) is 0 Å². The zero-order valence-corrected chi connectivity index (χ0v) is 21.1. The number of aliphatic hydroxyl groups excluding tert-OH is 3. The predicted molar refractivity (Wildman–Crippen MR) is 129 cm³/mol. The average Bonchev–Trinajstić information content (AvgIpc) is 3.53. The number of phosphoric ester groups is 1. The highest BCUT2D eigenvalue weighted by atomic mass is 31.2. The Morgan fingerprint density at radius 3 is 2.38 bits per heavy atom. The van der Waals surface area contributed by atoms with Gasteiger partial charge in [-0.2, -0.15) is 4.98 Å². The molecule has 9 atom stereocenters. The molecule has 5 heterocycles. The summed E-state index contributed by atoms with van der Waals surface area (Å²) in [5.41, 5.74) is 9.27. The van der Waals surface area contributed by atoms with Gasteiger partial charge in [-0.15, -0.1) is 0 Å². The summed E-state index contributed by atoms with van der Waals surface area (Å²) in [5.74, 6) is -0.248. The second-order valence-corrected chi connectivity index (χ2v) is 10.3. The molecule has 3 aromatic heterocycles. The Kier molecular flexibility index (Phi) is 7.48. The van der Waals surface area contributed by atoms with Crippen LogP contribution in [0.25, 0.3) is 11.2 Å². The first kappa shape index (κ1) is 28.2. The Morgan fingerprint density at radius 1 is 1.05 bits per heavy atom. The van der Waals surface area contributed by atoms with Crippen LogP contribution in [0.2, 0.25) is 0 Å². The second kappa shape index (κ2) is 10.6. The number of fused-ring (bicyclic) bond motifs is 1. The van der Waals surface area contributed by atoms with E-state index < -0.39 is 86.9 Å². The fourth-order valence-electron chi connectivity index (χ4n) is 4.61. The zero-order chi connectivity index (χ0) is 28.9. The number of anilines is 1. The molecule has 0 saturated carbocycles. The van der Waals surface area contributed by atoms with Crippen LogP contribution in [0.3, 0.4) is 0 Å². The van der Waals surface area contributed by atoms with Gasteiger partial charge in [-0.1, -0.05) is 0 Å². The van der Waals surface area contributed by atoms with Crippen molar-refractivity contribution in [2.24, 2.45) is 5.73 Å². The van der Waals surface area contributed by atoms with Crippen LogP contribution in [-0.4, -0.2) is 99.1 Å². The summed E-state index contributed by atoms with van der Waals surface area (Å²) in [4.78, 5) is 58.4. The van der Waals surface area contributed by atoms with Crippen LogP contribution in [0.1, 0.15) is 12.5 Å². The molecule has 3 aromatic rings. The largest absolute Gasteiger partial charge is 0.473 e. The molecular weight excluding hydrogens is 563 g/mol. The van der Waals surface area contributed by atoms with Gasteiger partial charge in [0.1, 0.15) is 30.5 Å². The SMILES string of the molecule is Nc1nc2c(ncn2[C@@H]2O[C@H](CO)[C@@H](OP(=O)(O)O[C@H]3[C@@H](N)[C@H](n4ccc(=O)[nH]c4=O)O[C@@H]3CO)[C@H]2O)c(=O)[nH]1. The predicted octanol–water partition coefficient (Wildman–Crippen LogP) is -4.41. The van der Waals surface area contributed by atoms with Gasteiger partial charge in [0.2, 0.25) is 5.95 Å². The lowest BCUT2D eigenvalue weighted by atomic mass is 10.1. The summed E-state index contributed by atoms with van der Waals surface area (Å²) in [7, 11) is -5.15. The van der Waals surface area contributed by atoms with Crippen molar-refractivity contribution in [2.45, 2.75) is 49.0 Å². The van der Waals surface area contributed by atoms with E-state index in [1.165, 1.54) is 0 Å². The van der Waals surface area contributed by atoms with E-state index in [-0.39, 0.29) is 17.1 Å². The van der Waals surface area contributed by atoms with Crippen molar-refractivity contribution in [3.63, 3.8) is 0 Å². The van der Waals surface area contributed by atoms with E-state index in [9.17, 15) is 39.2 Å². The van der Waals surface area contributed by atoms with Crippen molar-refractivity contribution in [2.75, 3.05) is 18.9 Å². The highest BCUT2D eigenvalue weighted by Gasteiger charge is 2.52. The molecule has 2 aliphatic heterocycles. The van der Waals surface area contributed by atoms with Crippen LogP contribution in [0.15, 0.2) is 33.0 Å². The first-order valence-corrected chi connectivity index (χ1v) is 13.1. The number of hydrogen-bond donors (Lipinski definition) is 8. The van der Waals surface area contributed by atoms with Gasteiger partial charge in [-0.25, -0.2) is 14.3 Å². The van der Waals surface area contributed by atoms with Gasteiger partial charge in [0.05, 0.1) is 25.6 Å². The minimum atomic E-state index is -5.15. The van der Waals surface area contributed by atoms with E-state index in [0.717, 1.165) is 27.7 Å². The molecule has 0 radical (unpaired) electrons. The minimum Gasteiger partial charge on any atom is -0.394 e. The van der Waals surface area contributed by atoms with Crippen LogP contribution < -0.4 is 28.3 Å². The van der Waals surface area contributed by atoms with E-state index in [1.807, 2.05) is 4.98 Å². The Hall–Kier alpha value is -3.30. The summed E-state index contributed by atoms with van der Waals surface area (Å²) >= 11 is 0. The normalized spacial score (nSPS) is 32.0. The lowest BCUT2D eigenvalue weighted by molar-refractivity contribution is -0.0561. The van der Waals surface area contributed by atoms with Gasteiger partial charge < -0.3 is 41.2 Å². The molecule has 0 amide bonds. The lowest BCUT2D eigenvalue weighted by Gasteiger charge is -2.26. The Labute approximate surface area is 221 Å². The smallest absolute Gasteiger partial charge is 0.394 e. The van der Waals surface area contributed by atoms with Crippen molar-refractivity contribution >= 4 is 24.9 Å². The number of nitrogens with one attached hydrogen (secondary N) is 2. The summed E-state index contributed by atoms with van der Waals surface area (Å²) in [6.45, 7) is -1.52. The number of aromatic amines is 2. The van der Waals surface area contributed by atoms with Crippen molar-refractivity contribution < 1.29 is 43.3 Å². The second-order valence-electron chi connectivity index (χ2n) is 8.96. The van der Waals surface area contributed by atoms with Gasteiger partial charge in [0.15, 0.2) is 23.6 Å². The standard InChI is InChI=1S/C19H25N8O12P/c20-9-12(6(3-28)36-16(9)26-2-1-8(30)23-19(26)33)38-40(34,35)39-13-7(4-29)37-17(11(13)31)27-5-22-10-14(27)24-18(21)25-15(10)32/h1-2,5-7,9,11-13,16-17,28-29,31H,3-4,20H2,(H,34,35)(H,23,30,33)(H3,21,24,25,32)/t6-,7-,9-,11-,12-,13-,16-,17-/m1/s1. The third-order valence-corrected chi connectivity index (χ3v) is 7.44. The van der Waals surface area contributed by atoms with E-state index in [0.29, 0.717) is 0 Å². The number of ether oxygens (including phenoxy) is 2. The summed E-state index contributed by atoms with van der Waals surface area (Å²) < 4.78 is 36.6. The number of imidazole rings is 1. The van der Waals surface area contributed by atoms with Gasteiger partial charge in [-0.3, -0.25) is 37.7 Å². The Morgan fingerprint density at radius 2 is 1.70 bits per heavy atom. The molecule has 0 bridgehead atoms. The molecule has 21 heteroatoms. The van der Waals surface area contributed by atoms with Gasteiger partial charge >= 0.3 is 13.5 Å². The molecule has 218 valence electrons. The van der Waals surface area contributed by atoms with Crippen LogP contribution >= 0.6 is 7.82 Å². The molecule has 40 heavy (non-hydrogen) atoms. The number of nitrogens with zero attached hydrogens (tertiary/aromatic N) is 4. The average molecular weight is 588 g/mol. The van der Waals surface area contributed by atoms with Crippen LogP contribution in [0.4, 0.5) is 5.95 Å². The minimum absolute atomic E-state index is 0.0746. The number of hydrogen-bond acceptors (Lipinski definition) is 15.